The summed E-state index contributed by atoms with van der Waals surface area (Å²) in [6, 6.07) is 0. The summed E-state index contributed by atoms with van der Waals surface area (Å²) in [6.45, 7) is -5.31. The molecule has 0 bridgehead atoms. The van der Waals surface area contributed by atoms with Gasteiger partial charge in [0.05, 0.1) is 52.9 Å². The Bertz CT molecular complexity index is 601. The van der Waals surface area contributed by atoms with Gasteiger partial charge in [0.1, 0.15) is 0 Å². The monoisotopic (exact) mass is 633 g/mol. The molecule has 0 aromatic carbocycles. The van der Waals surface area contributed by atoms with Crippen LogP contribution in [0.2, 0.25) is 0 Å². The lowest BCUT2D eigenvalue weighted by Crippen LogP contribution is -2.70. The fourth-order valence-corrected chi connectivity index (χ4v) is 8.35. The standard InChI is InChI=1S/C36H72O8/c37-25-33(26-38)23-21-19-17-15-13-11-9-7-5-3-1-2-4-6-8-10-12-14-16-18-20-22-24-34(27-39,28-40)36(31-43,32-44)35(33,29-41)30-42/h37-44H,1-32H2. The van der Waals surface area contributed by atoms with Gasteiger partial charge in [0.2, 0.25) is 0 Å². The maximum atomic E-state index is 11.0. The van der Waals surface area contributed by atoms with E-state index in [-0.39, 0.29) is 12.8 Å². The zero-order valence-electron chi connectivity index (χ0n) is 28.2. The van der Waals surface area contributed by atoms with Crippen LogP contribution in [0.5, 0.6) is 0 Å². The lowest BCUT2D eigenvalue weighted by atomic mass is 9.42. The highest BCUT2D eigenvalue weighted by Crippen LogP contribution is 2.61. The summed E-state index contributed by atoms with van der Waals surface area (Å²) < 4.78 is 0. The van der Waals surface area contributed by atoms with Crippen LogP contribution in [-0.4, -0.2) is 93.7 Å². The summed E-state index contributed by atoms with van der Waals surface area (Å²) >= 11 is 0. The third-order valence-corrected chi connectivity index (χ3v) is 11.8. The molecular formula is C36H72O8. The predicted molar refractivity (Wildman–Crippen MR) is 177 cm³/mol. The number of aliphatic hydroxyl groups excluding tert-OH is 8. The van der Waals surface area contributed by atoms with Crippen molar-refractivity contribution in [3.8, 4) is 0 Å². The second-order valence-corrected chi connectivity index (χ2v) is 14.3. The third kappa shape index (κ3) is 10.9. The molecule has 1 rings (SSSR count). The molecule has 0 saturated heterocycles. The molecule has 0 aromatic rings. The van der Waals surface area contributed by atoms with Crippen LogP contribution < -0.4 is 0 Å². The average molecular weight is 633 g/mol. The van der Waals surface area contributed by atoms with E-state index in [0.29, 0.717) is 12.8 Å². The number of aliphatic hydroxyl groups is 8. The van der Waals surface area contributed by atoms with E-state index in [1.807, 2.05) is 0 Å². The average Bonchev–Trinajstić information content (AvgIpc) is 3.06. The molecule has 264 valence electrons. The van der Waals surface area contributed by atoms with Crippen LogP contribution in [0, 0.1) is 21.7 Å². The Morgan fingerprint density at radius 1 is 0.227 bits per heavy atom. The molecule has 1 aliphatic carbocycles. The summed E-state index contributed by atoms with van der Waals surface area (Å²) in [7, 11) is 0. The van der Waals surface area contributed by atoms with Gasteiger partial charge in [-0.25, -0.2) is 0 Å². The van der Waals surface area contributed by atoms with Gasteiger partial charge in [-0.2, -0.15) is 0 Å². The largest absolute Gasteiger partial charge is 0.396 e. The summed E-state index contributed by atoms with van der Waals surface area (Å²) in [5, 5.41) is 87.0. The van der Waals surface area contributed by atoms with Crippen LogP contribution in [0.15, 0.2) is 0 Å². The lowest BCUT2D eigenvalue weighted by molar-refractivity contribution is -0.268. The van der Waals surface area contributed by atoms with Gasteiger partial charge < -0.3 is 40.9 Å². The molecule has 0 atom stereocenters. The highest BCUT2D eigenvalue weighted by atomic mass is 16.3. The third-order valence-electron chi connectivity index (χ3n) is 11.8. The van der Waals surface area contributed by atoms with Gasteiger partial charge >= 0.3 is 0 Å². The Kier molecular flexibility index (Phi) is 22.7. The molecule has 1 aliphatic rings. The second-order valence-electron chi connectivity index (χ2n) is 14.3. The Morgan fingerprint density at radius 3 is 0.523 bits per heavy atom. The Labute approximate surface area is 269 Å². The van der Waals surface area contributed by atoms with Gasteiger partial charge in [0.15, 0.2) is 0 Å². The maximum absolute atomic E-state index is 11.0. The van der Waals surface area contributed by atoms with Crippen molar-refractivity contribution >= 4 is 0 Å². The van der Waals surface area contributed by atoms with E-state index in [1.165, 1.54) is 89.9 Å². The summed E-state index contributed by atoms with van der Waals surface area (Å²) in [5.74, 6) is 0. The minimum absolute atomic E-state index is 0.260. The first-order valence-electron chi connectivity index (χ1n) is 18.3. The molecule has 0 heterocycles. The van der Waals surface area contributed by atoms with Gasteiger partial charge in [-0.05, 0) is 12.8 Å². The fourth-order valence-electron chi connectivity index (χ4n) is 8.35. The minimum Gasteiger partial charge on any atom is -0.396 e. The number of hydrogen-bond donors (Lipinski definition) is 8. The van der Waals surface area contributed by atoms with Crippen molar-refractivity contribution in [1.82, 2.24) is 0 Å². The van der Waals surface area contributed by atoms with E-state index in [9.17, 15) is 40.9 Å². The zero-order chi connectivity index (χ0) is 32.6. The molecule has 0 spiro atoms. The molecule has 0 aromatic heterocycles. The summed E-state index contributed by atoms with van der Waals surface area (Å²) in [4.78, 5) is 0. The molecule has 0 aliphatic heterocycles. The van der Waals surface area contributed by atoms with E-state index < -0.39 is 74.5 Å². The highest BCUT2D eigenvalue weighted by Gasteiger charge is 2.68. The van der Waals surface area contributed by atoms with Crippen LogP contribution in [0.1, 0.15) is 154 Å². The lowest BCUT2D eigenvalue weighted by Gasteiger charge is -2.63. The van der Waals surface area contributed by atoms with Crippen molar-refractivity contribution < 1.29 is 40.9 Å². The molecular weight excluding hydrogens is 560 g/mol. The van der Waals surface area contributed by atoms with E-state index in [2.05, 4.69) is 0 Å². The molecule has 1 fully saturated rings. The van der Waals surface area contributed by atoms with Crippen molar-refractivity contribution in [1.29, 1.82) is 0 Å². The van der Waals surface area contributed by atoms with E-state index >= 15 is 0 Å². The predicted octanol–water partition coefficient (Wildman–Crippen LogP) is 5.25. The maximum Gasteiger partial charge on any atom is 0.0523 e. The fraction of sp³-hybridized carbons (Fsp3) is 1.00. The highest BCUT2D eigenvalue weighted by molar-refractivity contribution is 5.14. The zero-order valence-corrected chi connectivity index (χ0v) is 28.2. The number of hydrogen-bond acceptors (Lipinski definition) is 8. The molecule has 8 heteroatoms. The first-order chi connectivity index (χ1) is 21.4. The Morgan fingerprint density at radius 2 is 0.386 bits per heavy atom. The normalized spacial score (nSPS) is 24.5. The SMILES string of the molecule is OCC1(CO)CCCCCCCCCCCCCCCCCCCCCCCCC(CO)(CO)C(CO)(CO)C1(CO)CO. The van der Waals surface area contributed by atoms with Crippen LogP contribution in [0.4, 0.5) is 0 Å². The summed E-state index contributed by atoms with van der Waals surface area (Å²) in [5.41, 5.74) is -6.47. The molecule has 0 unspecified atom stereocenters. The molecule has 1 saturated carbocycles. The van der Waals surface area contributed by atoms with E-state index in [1.54, 1.807) is 0 Å². The van der Waals surface area contributed by atoms with Crippen molar-refractivity contribution in [2.24, 2.45) is 21.7 Å². The van der Waals surface area contributed by atoms with Gasteiger partial charge in [-0.15, -0.1) is 0 Å². The van der Waals surface area contributed by atoms with Crippen LogP contribution >= 0.6 is 0 Å². The minimum atomic E-state index is -1.78. The van der Waals surface area contributed by atoms with Crippen LogP contribution in [0.25, 0.3) is 0 Å². The van der Waals surface area contributed by atoms with E-state index in [0.717, 1.165) is 38.5 Å². The Balaban J connectivity index is 3.19. The smallest absolute Gasteiger partial charge is 0.0523 e. The first kappa shape index (κ1) is 41.7. The van der Waals surface area contributed by atoms with Gasteiger partial charge in [0.25, 0.3) is 0 Å². The van der Waals surface area contributed by atoms with Crippen molar-refractivity contribution in [2.75, 3.05) is 52.9 Å². The van der Waals surface area contributed by atoms with Crippen molar-refractivity contribution in [3.63, 3.8) is 0 Å². The molecule has 8 nitrogen and oxygen atoms in total. The Hall–Kier alpha value is -0.320. The summed E-state index contributed by atoms with van der Waals surface area (Å²) in [6.07, 6.45) is 25.8. The van der Waals surface area contributed by atoms with Crippen molar-refractivity contribution in [2.45, 2.75) is 154 Å². The van der Waals surface area contributed by atoms with Crippen molar-refractivity contribution in [3.05, 3.63) is 0 Å². The number of rotatable bonds is 8. The molecule has 8 N–H and O–H groups in total. The molecule has 0 amide bonds. The second kappa shape index (κ2) is 23.9. The molecule has 0 radical (unpaired) electrons. The van der Waals surface area contributed by atoms with Gasteiger partial charge in [-0.3, -0.25) is 0 Å². The van der Waals surface area contributed by atoms with Gasteiger partial charge in [0, 0.05) is 21.7 Å². The van der Waals surface area contributed by atoms with E-state index in [4.69, 9.17) is 0 Å². The topological polar surface area (TPSA) is 162 Å². The molecule has 44 heavy (non-hydrogen) atoms. The van der Waals surface area contributed by atoms with Crippen LogP contribution in [-0.2, 0) is 0 Å². The first-order valence-corrected chi connectivity index (χ1v) is 18.3. The quantitative estimate of drug-likeness (QED) is 0.180. The van der Waals surface area contributed by atoms with Crippen LogP contribution in [0.3, 0.4) is 0 Å². The van der Waals surface area contributed by atoms with Gasteiger partial charge in [-0.1, -0.05) is 141 Å².